The lowest BCUT2D eigenvalue weighted by Gasteiger charge is -2.21. The van der Waals surface area contributed by atoms with Crippen molar-refractivity contribution in [3.63, 3.8) is 0 Å². The number of thiazole rings is 1. The van der Waals surface area contributed by atoms with Crippen molar-refractivity contribution in [3.05, 3.63) is 16.1 Å². The van der Waals surface area contributed by atoms with E-state index in [4.69, 9.17) is 0 Å². The summed E-state index contributed by atoms with van der Waals surface area (Å²) in [7, 11) is 0. The van der Waals surface area contributed by atoms with E-state index in [-0.39, 0.29) is 0 Å². The second kappa shape index (κ2) is 6.22. The fraction of sp³-hybridized carbons (Fsp3) is 0.769. The first-order valence-electron chi connectivity index (χ1n) is 6.72. The molecule has 1 aliphatic carbocycles. The molecule has 1 heterocycles. The van der Waals surface area contributed by atoms with Crippen LogP contribution in [0.2, 0.25) is 0 Å². The van der Waals surface area contributed by atoms with Crippen LogP contribution in [0.3, 0.4) is 0 Å². The van der Waals surface area contributed by atoms with Crippen LogP contribution in [0.15, 0.2) is 5.51 Å². The third-order valence-corrected chi connectivity index (χ3v) is 4.18. The molecule has 1 aliphatic rings. The van der Waals surface area contributed by atoms with Crippen LogP contribution >= 0.6 is 11.3 Å². The highest BCUT2D eigenvalue weighted by Gasteiger charge is 2.36. The molecule has 1 fully saturated rings. The lowest BCUT2D eigenvalue weighted by molar-refractivity contribution is -0.141. The molecular weight excluding hydrogens is 273 g/mol. The lowest BCUT2D eigenvalue weighted by Crippen LogP contribution is -2.26. The Morgan fingerprint density at radius 3 is 2.68 bits per heavy atom. The van der Waals surface area contributed by atoms with Gasteiger partial charge in [0.15, 0.2) is 5.69 Å². The molecule has 0 aromatic carbocycles. The summed E-state index contributed by atoms with van der Waals surface area (Å²) in [4.78, 5) is 5.95. The zero-order chi connectivity index (χ0) is 13.9. The van der Waals surface area contributed by atoms with Gasteiger partial charge >= 0.3 is 6.18 Å². The maximum absolute atomic E-state index is 12.8. The van der Waals surface area contributed by atoms with Gasteiger partial charge in [0, 0.05) is 6.54 Å². The second-order valence-electron chi connectivity index (χ2n) is 5.13. The molecule has 0 unspecified atom stereocenters. The number of halogens is 3. The molecule has 0 bridgehead atoms. The van der Waals surface area contributed by atoms with Crippen LogP contribution in [0.25, 0.3) is 0 Å². The number of hydrogen-bond donors (Lipinski definition) is 0. The van der Waals surface area contributed by atoms with Crippen molar-refractivity contribution in [1.82, 2.24) is 9.88 Å². The van der Waals surface area contributed by atoms with Crippen LogP contribution in [0.1, 0.15) is 43.2 Å². The first-order chi connectivity index (χ1) is 9.00. The van der Waals surface area contributed by atoms with Gasteiger partial charge < -0.3 is 0 Å². The molecule has 0 radical (unpaired) electrons. The van der Waals surface area contributed by atoms with Gasteiger partial charge in [-0.15, -0.1) is 11.3 Å². The summed E-state index contributed by atoms with van der Waals surface area (Å²) in [6, 6.07) is 0. The molecule has 2 rings (SSSR count). The minimum Gasteiger partial charge on any atom is -0.298 e. The summed E-state index contributed by atoms with van der Waals surface area (Å²) >= 11 is 1.11. The number of hydrogen-bond acceptors (Lipinski definition) is 3. The average Bonchev–Trinajstić information content (AvgIpc) is 3.03. The van der Waals surface area contributed by atoms with Gasteiger partial charge in [-0.25, -0.2) is 4.98 Å². The highest BCUT2D eigenvalue weighted by Crippen LogP contribution is 2.34. The fourth-order valence-electron chi connectivity index (χ4n) is 2.17. The van der Waals surface area contributed by atoms with E-state index in [1.54, 1.807) is 0 Å². The maximum atomic E-state index is 12.8. The molecule has 0 atom stereocenters. The summed E-state index contributed by atoms with van der Waals surface area (Å²) in [5.74, 6) is 0.808. The fourth-order valence-corrected chi connectivity index (χ4v) is 3.00. The van der Waals surface area contributed by atoms with E-state index in [1.165, 1.54) is 18.4 Å². The molecule has 108 valence electrons. The number of rotatable bonds is 7. The van der Waals surface area contributed by atoms with Crippen LogP contribution in [-0.2, 0) is 12.7 Å². The number of alkyl halides is 3. The third-order valence-electron chi connectivity index (χ3n) is 3.37. The summed E-state index contributed by atoms with van der Waals surface area (Å²) in [5, 5.41) is 0. The van der Waals surface area contributed by atoms with Crippen molar-refractivity contribution in [2.45, 2.75) is 45.3 Å². The van der Waals surface area contributed by atoms with Crippen LogP contribution < -0.4 is 0 Å². The van der Waals surface area contributed by atoms with Crippen molar-refractivity contribution in [3.8, 4) is 0 Å². The standard InChI is InChI=1S/C13H19F3N2S/c1-2-6-18(7-5-10-3-4-10)8-11-12(13(14,15)16)17-9-19-11/h9-10H,2-8H2,1H3. The topological polar surface area (TPSA) is 16.1 Å². The predicted octanol–water partition coefficient (Wildman–Crippen LogP) is 4.17. The van der Waals surface area contributed by atoms with Crippen molar-refractivity contribution < 1.29 is 13.2 Å². The molecule has 2 nitrogen and oxygen atoms in total. The molecule has 0 N–H and O–H groups in total. The molecule has 1 aromatic rings. The van der Waals surface area contributed by atoms with E-state index in [1.807, 2.05) is 0 Å². The zero-order valence-electron chi connectivity index (χ0n) is 11.0. The Morgan fingerprint density at radius 1 is 1.37 bits per heavy atom. The van der Waals surface area contributed by atoms with Crippen molar-refractivity contribution >= 4 is 11.3 Å². The maximum Gasteiger partial charge on any atom is 0.434 e. The van der Waals surface area contributed by atoms with Crippen LogP contribution in [-0.4, -0.2) is 23.0 Å². The highest BCUT2D eigenvalue weighted by molar-refractivity contribution is 7.09. The Hall–Kier alpha value is -0.620. The Balaban J connectivity index is 1.97. The number of nitrogens with zero attached hydrogens (tertiary/aromatic N) is 2. The molecule has 6 heteroatoms. The van der Waals surface area contributed by atoms with Gasteiger partial charge in [-0.05, 0) is 31.8 Å². The van der Waals surface area contributed by atoms with E-state index >= 15 is 0 Å². The van der Waals surface area contributed by atoms with Gasteiger partial charge in [0.05, 0.1) is 10.4 Å². The van der Waals surface area contributed by atoms with E-state index in [2.05, 4.69) is 16.8 Å². The first kappa shape index (κ1) is 14.8. The zero-order valence-corrected chi connectivity index (χ0v) is 11.9. The van der Waals surface area contributed by atoms with Gasteiger partial charge in [0.1, 0.15) is 0 Å². The van der Waals surface area contributed by atoms with Crippen LogP contribution in [0.4, 0.5) is 13.2 Å². The van der Waals surface area contributed by atoms with Crippen LogP contribution in [0, 0.1) is 5.92 Å². The SMILES string of the molecule is CCCN(CCC1CC1)Cc1scnc1C(F)(F)F. The first-order valence-corrected chi connectivity index (χ1v) is 7.60. The Kier molecular flexibility index (Phi) is 4.84. The summed E-state index contributed by atoms with van der Waals surface area (Å²) in [6.45, 7) is 4.18. The molecule has 0 saturated heterocycles. The Morgan fingerprint density at radius 2 is 2.11 bits per heavy atom. The molecule has 1 aromatic heterocycles. The van der Waals surface area contributed by atoms with Gasteiger partial charge in [0.2, 0.25) is 0 Å². The van der Waals surface area contributed by atoms with Gasteiger partial charge in [0.25, 0.3) is 0 Å². The average molecular weight is 292 g/mol. The minimum atomic E-state index is -4.33. The van der Waals surface area contributed by atoms with Crippen molar-refractivity contribution in [1.29, 1.82) is 0 Å². The smallest absolute Gasteiger partial charge is 0.298 e. The summed E-state index contributed by atoms with van der Waals surface area (Å²) < 4.78 is 38.3. The highest BCUT2D eigenvalue weighted by atomic mass is 32.1. The molecule has 0 aliphatic heterocycles. The van der Waals surface area contributed by atoms with E-state index < -0.39 is 11.9 Å². The van der Waals surface area contributed by atoms with Crippen molar-refractivity contribution in [2.75, 3.05) is 13.1 Å². The van der Waals surface area contributed by atoms with E-state index in [0.717, 1.165) is 43.2 Å². The van der Waals surface area contributed by atoms with E-state index in [9.17, 15) is 13.2 Å². The summed E-state index contributed by atoms with van der Waals surface area (Å²) in [6.07, 6.45) is 0.317. The summed E-state index contributed by atoms with van der Waals surface area (Å²) in [5.41, 5.74) is 0.591. The molecular formula is C13H19F3N2S. The Bertz CT molecular complexity index is 399. The molecule has 19 heavy (non-hydrogen) atoms. The quantitative estimate of drug-likeness (QED) is 0.749. The van der Waals surface area contributed by atoms with Crippen molar-refractivity contribution in [2.24, 2.45) is 5.92 Å². The molecule has 0 amide bonds. The Labute approximate surface area is 115 Å². The largest absolute Gasteiger partial charge is 0.434 e. The third kappa shape index (κ3) is 4.45. The molecule has 1 saturated carbocycles. The monoisotopic (exact) mass is 292 g/mol. The van der Waals surface area contributed by atoms with E-state index in [0.29, 0.717) is 11.4 Å². The van der Waals surface area contributed by atoms with Gasteiger partial charge in [-0.3, -0.25) is 4.90 Å². The molecule has 0 spiro atoms. The normalized spacial score (nSPS) is 16.3. The predicted molar refractivity (Wildman–Crippen MR) is 70.0 cm³/mol. The van der Waals surface area contributed by atoms with Gasteiger partial charge in [-0.1, -0.05) is 19.8 Å². The lowest BCUT2D eigenvalue weighted by atomic mass is 10.2. The minimum absolute atomic E-state index is 0.344. The van der Waals surface area contributed by atoms with Gasteiger partial charge in [-0.2, -0.15) is 13.2 Å². The second-order valence-corrected chi connectivity index (χ2v) is 6.07. The number of aromatic nitrogens is 1. The van der Waals surface area contributed by atoms with Crippen LogP contribution in [0.5, 0.6) is 0 Å².